The van der Waals surface area contributed by atoms with Crippen molar-refractivity contribution in [2.24, 2.45) is 0 Å². The molecule has 1 nitrogen and oxygen atoms in total. The maximum atomic E-state index is 12.4. The highest BCUT2D eigenvalue weighted by atomic mass is 19.4. The highest BCUT2D eigenvalue weighted by molar-refractivity contribution is 5.26. The monoisotopic (exact) mass is 255 g/mol. The minimum absolute atomic E-state index is 0.0668. The molecule has 0 aliphatic heterocycles. The van der Waals surface area contributed by atoms with Crippen molar-refractivity contribution in [3.8, 4) is 0 Å². The quantitative estimate of drug-likeness (QED) is 0.803. The molecule has 2 rings (SSSR count). The fourth-order valence-electron chi connectivity index (χ4n) is 2.16. The van der Waals surface area contributed by atoms with Crippen LogP contribution in [0.5, 0.6) is 0 Å². The summed E-state index contributed by atoms with van der Waals surface area (Å²) in [5.74, 6) is 0. The molecular weight excluding hydrogens is 239 g/mol. The Bertz CT molecular complexity index is 412. The van der Waals surface area contributed by atoms with Gasteiger partial charge in [0.15, 0.2) is 0 Å². The maximum Gasteiger partial charge on any atom is 0.416 e. The summed E-state index contributed by atoms with van der Waals surface area (Å²) in [4.78, 5) is 0. The smallest absolute Gasteiger partial charge is 0.307 e. The molecule has 0 aromatic heterocycles. The predicted octanol–water partition coefficient (Wildman–Crippen LogP) is 4.07. The van der Waals surface area contributed by atoms with Crippen molar-refractivity contribution in [3.63, 3.8) is 0 Å². The molecule has 0 spiro atoms. The Morgan fingerprint density at radius 1 is 1.11 bits per heavy atom. The van der Waals surface area contributed by atoms with Gasteiger partial charge < -0.3 is 5.32 Å². The van der Waals surface area contributed by atoms with Crippen LogP contribution in [0.25, 0.3) is 0 Å². The number of alkyl halides is 3. The minimum atomic E-state index is -4.26. The molecule has 1 aliphatic carbocycles. The van der Waals surface area contributed by atoms with Gasteiger partial charge in [-0.05, 0) is 37.5 Å². The number of hydrogen-bond acceptors (Lipinski definition) is 1. The molecule has 1 atom stereocenters. The Morgan fingerprint density at radius 2 is 1.67 bits per heavy atom. The number of halogens is 3. The van der Waals surface area contributed by atoms with Gasteiger partial charge in [-0.15, -0.1) is 0 Å². The third kappa shape index (κ3) is 3.13. The number of nitrogens with one attached hydrogen (secondary N) is 1. The van der Waals surface area contributed by atoms with Crippen molar-refractivity contribution in [1.29, 1.82) is 0 Å². The van der Waals surface area contributed by atoms with Gasteiger partial charge in [-0.2, -0.15) is 13.2 Å². The summed E-state index contributed by atoms with van der Waals surface area (Å²) in [6.07, 6.45) is 1.97. The van der Waals surface area contributed by atoms with E-state index in [9.17, 15) is 13.2 Å². The van der Waals surface area contributed by atoms with Crippen LogP contribution in [0.1, 0.15) is 36.9 Å². The molecule has 1 N–H and O–H groups in total. The molecule has 1 aliphatic rings. The second-order valence-electron chi connectivity index (χ2n) is 4.65. The highest BCUT2D eigenvalue weighted by Crippen LogP contribution is 2.30. The summed E-state index contributed by atoms with van der Waals surface area (Å²) in [5.41, 5.74) is 0.288. The van der Waals surface area contributed by atoms with E-state index >= 15 is 0 Å². The molecule has 1 aromatic carbocycles. The van der Waals surface area contributed by atoms with Gasteiger partial charge in [-0.25, -0.2) is 0 Å². The summed E-state index contributed by atoms with van der Waals surface area (Å²) in [6.45, 7) is 1.97. The van der Waals surface area contributed by atoms with E-state index < -0.39 is 11.7 Å². The van der Waals surface area contributed by atoms with Crippen LogP contribution in [0.3, 0.4) is 0 Å². The molecule has 1 aromatic rings. The van der Waals surface area contributed by atoms with Crippen LogP contribution in [-0.2, 0) is 6.18 Å². The lowest BCUT2D eigenvalue weighted by atomic mass is 10.0. The molecular formula is C14H16F3N. The average molecular weight is 255 g/mol. The molecule has 98 valence electrons. The summed E-state index contributed by atoms with van der Waals surface area (Å²) >= 11 is 0. The van der Waals surface area contributed by atoms with Gasteiger partial charge in [0.1, 0.15) is 0 Å². The minimum Gasteiger partial charge on any atom is -0.307 e. The lowest BCUT2D eigenvalue weighted by Crippen LogP contribution is -2.29. The van der Waals surface area contributed by atoms with Crippen LogP contribution < -0.4 is 5.32 Å². The van der Waals surface area contributed by atoms with Crippen LogP contribution in [0, 0.1) is 0 Å². The highest BCUT2D eigenvalue weighted by Gasteiger charge is 2.30. The fourth-order valence-corrected chi connectivity index (χ4v) is 2.16. The summed E-state index contributed by atoms with van der Waals surface area (Å²) in [7, 11) is 0. The van der Waals surface area contributed by atoms with Crippen molar-refractivity contribution in [1.82, 2.24) is 5.32 Å². The van der Waals surface area contributed by atoms with Crippen LogP contribution in [-0.4, -0.2) is 6.04 Å². The first-order chi connectivity index (χ1) is 8.47. The van der Waals surface area contributed by atoms with E-state index in [1.807, 2.05) is 6.92 Å². The number of rotatable bonds is 3. The van der Waals surface area contributed by atoms with E-state index in [0.29, 0.717) is 6.04 Å². The SMILES string of the molecule is CC(NC1CC=CC1)c1ccc(C(F)(F)F)cc1. The second-order valence-corrected chi connectivity index (χ2v) is 4.65. The lowest BCUT2D eigenvalue weighted by Gasteiger charge is -2.20. The van der Waals surface area contributed by atoms with Crippen LogP contribution in [0.2, 0.25) is 0 Å². The topological polar surface area (TPSA) is 12.0 Å². The summed E-state index contributed by atoms with van der Waals surface area (Å²) in [5, 5.41) is 3.41. The standard InChI is InChI=1S/C14H16F3N/c1-10(18-13-4-2-3-5-13)11-6-8-12(9-7-11)14(15,16)17/h2-3,6-10,13,18H,4-5H2,1H3. The molecule has 4 heteroatoms. The Morgan fingerprint density at radius 3 is 2.17 bits per heavy atom. The van der Waals surface area contributed by atoms with Crippen LogP contribution >= 0.6 is 0 Å². The van der Waals surface area contributed by atoms with Crippen molar-refractivity contribution < 1.29 is 13.2 Å². The molecule has 0 radical (unpaired) electrons. The van der Waals surface area contributed by atoms with E-state index in [0.717, 1.165) is 30.5 Å². The molecule has 0 saturated carbocycles. The predicted molar refractivity (Wildman–Crippen MR) is 65.2 cm³/mol. The summed E-state index contributed by atoms with van der Waals surface area (Å²) in [6, 6.07) is 5.84. The van der Waals surface area contributed by atoms with Crippen LogP contribution in [0.4, 0.5) is 13.2 Å². The van der Waals surface area contributed by atoms with E-state index in [1.165, 1.54) is 0 Å². The van der Waals surface area contributed by atoms with E-state index in [4.69, 9.17) is 0 Å². The zero-order chi connectivity index (χ0) is 13.2. The van der Waals surface area contributed by atoms with E-state index in [2.05, 4.69) is 17.5 Å². The van der Waals surface area contributed by atoms with Gasteiger partial charge >= 0.3 is 6.18 Å². The largest absolute Gasteiger partial charge is 0.416 e. The van der Waals surface area contributed by atoms with Gasteiger partial charge in [0.25, 0.3) is 0 Å². The number of benzene rings is 1. The van der Waals surface area contributed by atoms with Crippen molar-refractivity contribution in [2.45, 2.75) is 38.0 Å². The Labute approximate surface area is 105 Å². The Hall–Kier alpha value is -1.29. The van der Waals surface area contributed by atoms with Gasteiger partial charge in [-0.1, -0.05) is 24.3 Å². The van der Waals surface area contributed by atoms with Crippen molar-refractivity contribution in [2.75, 3.05) is 0 Å². The maximum absolute atomic E-state index is 12.4. The molecule has 1 unspecified atom stereocenters. The molecule has 0 fully saturated rings. The third-order valence-electron chi connectivity index (χ3n) is 3.23. The first-order valence-electron chi connectivity index (χ1n) is 6.05. The van der Waals surface area contributed by atoms with E-state index in [-0.39, 0.29) is 6.04 Å². The average Bonchev–Trinajstić information content (AvgIpc) is 2.81. The van der Waals surface area contributed by atoms with Gasteiger partial charge in [0.05, 0.1) is 5.56 Å². The normalized spacial score (nSPS) is 18.2. The van der Waals surface area contributed by atoms with E-state index in [1.54, 1.807) is 12.1 Å². The van der Waals surface area contributed by atoms with Gasteiger partial charge in [0, 0.05) is 12.1 Å². The molecule has 0 heterocycles. The number of hydrogen-bond donors (Lipinski definition) is 1. The van der Waals surface area contributed by atoms with Gasteiger partial charge in [0.2, 0.25) is 0 Å². The zero-order valence-electron chi connectivity index (χ0n) is 10.2. The first-order valence-corrected chi connectivity index (χ1v) is 6.05. The molecule has 0 bridgehead atoms. The Kier molecular flexibility index (Phi) is 3.76. The lowest BCUT2D eigenvalue weighted by molar-refractivity contribution is -0.137. The van der Waals surface area contributed by atoms with Crippen molar-refractivity contribution in [3.05, 3.63) is 47.5 Å². The first kappa shape index (κ1) is 13.1. The third-order valence-corrected chi connectivity index (χ3v) is 3.23. The molecule has 18 heavy (non-hydrogen) atoms. The zero-order valence-corrected chi connectivity index (χ0v) is 10.2. The fraction of sp³-hybridized carbons (Fsp3) is 0.429. The Balaban J connectivity index is 2.00. The second kappa shape index (κ2) is 5.14. The molecule has 0 saturated heterocycles. The molecule has 0 amide bonds. The van der Waals surface area contributed by atoms with Gasteiger partial charge in [-0.3, -0.25) is 0 Å². The van der Waals surface area contributed by atoms with Crippen molar-refractivity contribution >= 4 is 0 Å². The van der Waals surface area contributed by atoms with Crippen LogP contribution in [0.15, 0.2) is 36.4 Å². The summed E-state index contributed by atoms with van der Waals surface area (Å²) < 4.78 is 37.3.